The Morgan fingerprint density at radius 2 is 1.87 bits per heavy atom. The third-order valence-electron chi connectivity index (χ3n) is 5.23. The summed E-state index contributed by atoms with van der Waals surface area (Å²) in [5, 5.41) is 4.74. The molecular weight excluding hydrogens is 565 g/mol. The van der Waals surface area contributed by atoms with E-state index >= 15 is 0 Å². The molecule has 1 aliphatic rings. The van der Waals surface area contributed by atoms with Crippen molar-refractivity contribution in [2.45, 2.75) is 13.5 Å². The van der Waals surface area contributed by atoms with Crippen LogP contribution in [-0.2, 0) is 20.9 Å². The van der Waals surface area contributed by atoms with Crippen molar-refractivity contribution in [3.8, 4) is 11.5 Å². The molecule has 2 heterocycles. The van der Waals surface area contributed by atoms with Gasteiger partial charge in [-0.1, -0.05) is 15.9 Å². The molecule has 1 fully saturated rings. The molecule has 1 aliphatic heterocycles. The highest BCUT2D eigenvalue weighted by Crippen LogP contribution is 2.35. The average molecular weight is 586 g/mol. The molecule has 38 heavy (non-hydrogen) atoms. The second-order valence-corrected chi connectivity index (χ2v) is 8.74. The van der Waals surface area contributed by atoms with Crippen molar-refractivity contribution in [1.82, 2.24) is 10.2 Å². The summed E-state index contributed by atoms with van der Waals surface area (Å²) < 4.78 is 30.0. The Labute approximate surface area is 224 Å². The fourth-order valence-corrected chi connectivity index (χ4v) is 3.90. The van der Waals surface area contributed by atoms with E-state index in [2.05, 4.69) is 26.6 Å². The van der Waals surface area contributed by atoms with Crippen molar-refractivity contribution in [2.75, 3.05) is 18.5 Å². The van der Waals surface area contributed by atoms with Crippen LogP contribution in [0.25, 0.3) is 6.08 Å². The molecule has 1 aromatic heterocycles. The van der Waals surface area contributed by atoms with Crippen LogP contribution in [0.5, 0.6) is 11.5 Å². The molecule has 2 N–H and O–H groups in total. The Balaban J connectivity index is 1.53. The van der Waals surface area contributed by atoms with Gasteiger partial charge in [-0.3, -0.25) is 24.6 Å². The molecule has 5 amide bonds. The quantitative estimate of drug-likeness (QED) is 0.284. The third kappa shape index (κ3) is 6.27. The van der Waals surface area contributed by atoms with Gasteiger partial charge in [-0.05, 0) is 67.1 Å². The highest BCUT2D eigenvalue weighted by molar-refractivity contribution is 9.10. The number of halogens is 2. The number of rotatable bonds is 9. The number of furan rings is 1. The molecule has 0 aliphatic carbocycles. The molecule has 0 spiro atoms. The second kappa shape index (κ2) is 11.7. The van der Waals surface area contributed by atoms with E-state index in [9.17, 15) is 23.6 Å². The van der Waals surface area contributed by atoms with Crippen LogP contribution in [0.1, 0.15) is 18.2 Å². The molecule has 12 heteroatoms. The summed E-state index contributed by atoms with van der Waals surface area (Å²) in [5.41, 5.74) is 0.525. The molecule has 196 valence electrons. The number of nitrogens with one attached hydrogen (secondary N) is 2. The number of amides is 5. The summed E-state index contributed by atoms with van der Waals surface area (Å²) in [6.07, 6.45) is 2.73. The SMILES string of the molecule is CCOc1cc(/C=C2\C(=O)NC(=O)N(Cc3ccco3)C2=O)c(Br)cc1OCC(=O)Nc1ccc(F)cc1. The normalized spacial score (nSPS) is 14.4. The summed E-state index contributed by atoms with van der Waals surface area (Å²) in [6, 6.07) is 10.7. The summed E-state index contributed by atoms with van der Waals surface area (Å²) >= 11 is 3.39. The van der Waals surface area contributed by atoms with E-state index < -0.39 is 29.6 Å². The number of benzene rings is 2. The van der Waals surface area contributed by atoms with Gasteiger partial charge in [0, 0.05) is 10.2 Å². The lowest BCUT2D eigenvalue weighted by Crippen LogP contribution is -2.53. The minimum Gasteiger partial charge on any atom is -0.490 e. The number of urea groups is 1. The Kier molecular flexibility index (Phi) is 8.22. The molecule has 2 aromatic carbocycles. The molecule has 3 aromatic rings. The van der Waals surface area contributed by atoms with Gasteiger partial charge in [0.05, 0.1) is 19.4 Å². The minimum absolute atomic E-state index is 0.152. The van der Waals surface area contributed by atoms with Crippen molar-refractivity contribution in [1.29, 1.82) is 0 Å². The number of nitrogens with zero attached hydrogens (tertiary/aromatic N) is 1. The highest BCUT2D eigenvalue weighted by atomic mass is 79.9. The third-order valence-corrected chi connectivity index (χ3v) is 5.92. The molecule has 0 bridgehead atoms. The molecule has 4 rings (SSSR count). The predicted octanol–water partition coefficient (Wildman–Crippen LogP) is 4.26. The number of hydrogen-bond donors (Lipinski definition) is 2. The maximum Gasteiger partial charge on any atom is 0.331 e. The summed E-state index contributed by atoms with van der Waals surface area (Å²) in [7, 11) is 0. The molecular formula is C26H21BrFN3O7. The largest absolute Gasteiger partial charge is 0.490 e. The Hall–Kier alpha value is -4.45. The summed E-state index contributed by atoms with van der Waals surface area (Å²) in [5.74, 6) is -1.70. The molecule has 0 unspecified atom stereocenters. The summed E-state index contributed by atoms with van der Waals surface area (Å²) in [4.78, 5) is 50.9. The van der Waals surface area contributed by atoms with Gasteiger partial charge in [0.25, 0.3) is 17.7 Å². The van der Waals surface area contributed by atoms with Crippen molar-refractivity contribution >= 4 is 51.4 Å². The number of ether oxygens (including phenoxy) is 2. The standard InChI is InChI=1S/C26H21BrFN3O7/c1-2-36-21-11-15(10-19-24(33)30-26(35)31(25(19)34)13-18-4-3-9-37-18)20(27)12-22(21)38-14-23(32)29-17-7-5-16(28)6-8-17/h3-12H,2,13-14H2,1H3,(H,29,32)(H,30,33,35)/b19-10+. The average Bonchev–Trinajstić information content (AvgIpc) is 3.40. The minimum atomic E-state index is -0.856. The summed E-state index contributed by atoms with van der Waals surface area (Å²) in [6.45, 7) is 1.50. The van der Waals surface area contributed by atoms with Gasteiger partial charge < -0.3 is 19.2 Å². The monoisotopic (exact) mass is 585 g/mol. The Morgan fingerprint density at radius 3 is 2.55 bits per heavy atom. The lowest BCUT2D eigenvalue weighted by atomic mass is 10.1. The van der Waals surface area contributed by atoms with E-state index in [1.807, 2.05) is 0 Å². The van der Waals surface area contributed by atoms with Crippen molar-refractivity contribution in [3.05, 3.63) is 82.0 Å². The Bertz CT molecular complexity index is 1400. The van der Waals surface area contributed by atoms with Crippen LogP contribution in [0.3, 0.4) is 0 Å². The number of hydrogen-bond acceptors (Lipinski definition) is 7. The van der Waals surface area contributed by atoms with Crippen molar-refractivity contribution < 1.29 is 37.5 Å². The number of anilines is 1. The van der Waals surface area contributed by atoms with Gasteiger partial charge >= 0.3 is 6.03 Å². The van der Waals surface area contributed by atoms with Crippen LogP contribution in [0.2, 0.25) is 0 Å². The lowest BCUT2D eigenvalue weighted by molar-refractivity contribution is -0.130. The van der Waals surface area contributed by atoms with E-state index in [1.165, 1.54) is 48.7 Å². The van der Waals surface area contributed by atoms with Crippen LogP contribution in [-0.4, -0.2) is 41.9 Å². The van der Waals surface area contributed by atoms with Gasteiger partial charge in [-0.2, -0.15) is 0 Å². The topological polar surface area (TPSA) is 127 Å². The zero-order valence-electron chi connectivity index (χ0n) is 20.0. The smallest absolute Gasteiger partial charge is 0.331 e. The van der Waals surface area contributed by atoms with E-state index in [4.69, 9.17) is 13.9 Å². The molecule has 0 saturated carbocycles. The number of imide groups is 2. The maximum absolute atomic E-state index is 13.1. The van der Waals surface area contributed by atoms with E-state index in [0.29, 0.717) is 21.5 Å². The van der Waals surface area contributed by atoms with Gasteiger partial charge in [0.2, 0.25) is 0 Å². The first-order chi connectivity index (χ1) is 18.2. The van der Waals surface area contributed by atoms with Gasteiger partial charge in [0.1, 0.15) is 17.2 Å². The van der Waals surface area contributed by atoms with Crippen LogP contribution >= 0.6 is 15.9 Å². The van der Waals surface area contributed by atoms with E-state index in [-0.39, 0.29) is 36.8 Å². The van der Waals surface area contributed by atoms with Crippen LogP contribution in [0.4, 0.5) is 14.9 Å². The maximum atomic E-state index is 13.1. The predicted molar refractivity (Wildman–Crippen MR) is 137 cm³/mol. The molecule has 0 atom stereocenters. The first kappa shape index (κ1) is 26.6. The first-order valence-electron chi connectivity index (χ1n) is 11.3. The zero-order chi connectivity index (χ0) is 27.2. The first-order valence-corrected chi connectivity index (χ1v) is 12.1. The number of barbiturate groups is 1. The van der Waals surface area contributed by atoms with Gasteiger partial charge in [-0.25, -0.2) is 9.18 Å². The zero-order valence-corrected chi connectivity index (χ0v) is 21.5. The van der Waals surface area contributed by atoms with Crippen LogP contribution in [0.15, 0.2) is 69.3 Å². The van der Waals surface area contributed by atoms with Crippen LogP contribution < -0.4 is 20.1 Å². The lowest BCUT2D eigenvalue weighted by Gasteiger charge is -2.25. The number of carbonyl (C=O) groups is 4. The van der Waals surface area contributed by atoms with Crippen molar-refractivity contribution in [3.63, 3.8) is 0 Å². The molecule has 1 saturated heterocycles. The van der Waals surface area contributed by atoms with Gasteiger partial charge in [0.15, 0.2) is 18.1 Å². The highest BCUT2D eigenvalue weighted by Gasteiger charge is 2.36. The fraction of sp³-hybridized carbons (Fsp3) is 0.154. The van der Waals surface area contributed by atoms with Crippen molar-refractivity contribution in [2.24, 2.45) is 0 Å². The van der Waals surface area contributed by atoms with E-state index in [0.717, 1.165) is 4.90 Å². The van der Waals surface area contributed by atoms with E-state index in [1.54, 1.807) is 19.1 Å². The van der Waals surface area contributed by atoms with Gasteiger partial charge in [-0.15, -0.1) is 0 Å². The second-order valence-electron chi connectivity index (χ2n) is 7.89. The number of carbonyl (C=O) groups excluding carboxylic acids is 4. The fourth-order valence-electron chi connectivity index (χ4n) is 3.47. The molecule has 0 radical (unpaired) electrons. The van der Waals surface area contributed by atoms with Crippen LogP contribution in [0, 0.1) is 5.82 Å². The Morgan fingerprint density at radius 1 is 1.13 bits per heavy atom. The molecule has 10 nitrogen and oxygen atoms in total.